The Kier molecular flexibility index (Phi) is 3.73. The van der Waals surface area contributed by atoms with E-state index in [1.54, 1.807) is 6.07 Å². The fraction of sp³-hybridized carbons (Fsp3) is 0.333. The third-order valence-electron chi connectivity index (χ3n) is 4.51. The maximum atomic E-state index is 13.2. The molecule has 1 N–H and O–H groups in total. The predicted molar refractivity (Wildman–Crippen MR) is 88.2 cm³/mol. The van der Waals surface area contributed by atoms with Gasteiger partial charge in [-0.25, -0.2) is 4.21 Å². The van der Waals surface area contributed by atoms with Gasteiger partial charge in [-0.05, 0) is 25.5 Å². The third kappa shape index (κ3) is 2.29. The van der Waals surface area contributed by atoms with Crippen molar-refractivity contribution in [2.24, 2.45) is 0 Å². The van der Waals surface area contributed by atoms with Crippen molar-refractivity contribution in [2.75, 3.05) is 13.7 Å². The van der Waals surface area contributed by atoms with Gasteiger partial charge in [-0.15, -0.1) is 0 Å². The number of fused-ring (bicyclic) bond motifs is 3. The van der Waals surface area contributed by atoms with Crippen molar-refractivity contribution >= 4 is 10.8 Å². The molecule has 0 aliphatic carbocycles. The average Bonchev–Trinajstić information content (AvgIpc) is 3.15. The first-order valence-electron chi connectivity index (χ1n) is 7.80. The van der Waals surface area contributed by atoms with Crippen molar-refractivity contribution in [2.45, 2.75) is 35.3 Å². The number of rotatable bonds is 3. The Morgan fingerprint density at radius 2 is 2.04 bits per heavy atom. The second-order valence-electron chi connectivity index (χ2n) is 6.00. The topological polar surface area (TPSA) is 65.0 Å². The number of ether oxygens (including phenoxy) is 3. The molecule has 2 aliphatic heterocycles. The van der Waals surface area contributed by atoms with Crippen LogP contribution in [0.25, 0.3) is 0 Å². The molecule has 24 heavy (non-hydrogen) atoms. The molecule has 1 fully saturated rings. The van der Waals surface area contributed by atoms with Crippen LogP contribution in [0.1, 0.15) is 23.5 Å². The quantitative estimate of drug-likeness (QED) is 0.925. The summed E-state index contributed by atoms with van der Waals surface area (Å²) in [5.74, 6) is 0.728. The first-order valence-corrected chi connectivity index (χ1v) is 8.95. The highest BCUT2D eigenvalue weighted by molar-refractivity contribution is 7.85. The highest BCUT2D eigenvalue weighted by Gasteiger charge is 2.43. The summed E-state index contributed by atoms with van der Waals surface area (Å²) < 4.78 is 29.8. The molecule has 0 radical (unpaired) electrons. The fourth-order valence-corrected chi connectivity index (χ4v) is 4.62. The molecule has 0 amide bonds. The zero-order chi connectivity index (χ0) is 16.8. The van der Waals surface area contributed by atoms with Crippen LogP contribution in [-0.2, 0) is 15.5 Å². The molecule has 126 valence electrons. The van der Waals surface area contributed by atoms with Gasteiger partial charge >= 0.3 is 0 Å². The largest absolute Gasteiger partial charge is 0.503 e. The molecule has 0 saturated carbocycles. The minimum absolute atomic E-state index is 0.0128. The van der Waals surface area contributed by atoms with E-state index < -0.39 is 10.8 Å². The monoisotopic (exact) mass is 346 g/mol. The summed E-state index contributed by atoms with van der Waals surface area (Å²) >= 11 is 0. The first kappa shape index (κ1) is 15.5. The molecule has 2 aromatic rings. The van der Waals surface area contributed by atoms with Gasteiger partial charge in [-0.3, -0.25) is 0 Å². The van der Waals surface area contributed by atoms with E-state index in [4.69, 9.17) is 14.2 Å². The van der Waals surface area contributed by atoms with Gasteiger partial charge in [0.05, 0.1) is 35.3 Å². The van der Waals surface area contributed by atoms with Crippen LogP contribution >= 0.6 is 0 Å². The van der Waals surface area contributed by atoms with Crippen molar-refractivity contribution < 1.29 is 23.5 Å². The molecule has 1 saturated heterocycles. The van der Waals surface area contributed by atoms with Crippen LogP contribution in [0.4, 0.5) is 0 Å². The van der Waals surface area contributed by atoms with E-state index in [0.717, 1.165) is 17.5 Å². The molecular formula is C18H18O5S. The Hall–Kier alpha value is -2.05. The van der Waals surface area contributed by atoms with Crippen molar-refractivity contribution in [1.82, 2.24) is 0 Å². The van der Waals surface area contributed by atoms with Crippen LogP contribution in [0, 0.1) is 6.92 Å². The van der Waals surface area contributed by atoms with Crippen molar-refractivity contribution in [3.8, 4) is 17.2 Å². The van der Waals surface area contributed by atoms with Crippen LogP contribution in [0.5, 0.6) is 17.2 Å². The Morgan fingerprint density at radius 3 is 2.75 bits per heavy atom. The second kappa shape index (κ2) is 5.79. The molecule has 0 aromatic heterocycles. The maximum absolute atomic E-state index is 13.2. The van der Waals surface area contributed by atoms with E-state index in [1.807, 2.05) is 31.2 Å². The summed E-state index contributed by atoms with van der Waals surface area (Å²) in [7, 11) is -0.0707. The molecule has 2 aromatic carbocycles. The highest BCUT2D eigenvalue weighted by atomic mass is 32.2. The zero-order valence-corrected chi connectivity index (χ0v) is 14.3. The Morgan fingerprint density at radius 1 is 1.29 bits per heavy atom. The molecule has 6 heteroatoms. The Labute approximate surface area is 142 Å². The summed E-state index contributed by atoms with van der Waals surface area (Å²) in [5.41, 5.74) is 1.86. The van der Waals surface area contributed by atoms with Gasteiger partial charge in [-0.1, -0.05) is 17.7 Å². The van der Waals surface area contributed by atoms with Crippen molar-refractivity contribution in [3.63, 3.8) is 0 Å². The average molecular weight is 346 g/mol. The summed E-state index contributed by atoms with van der Waals surface area (Å²) in [6, 6.07) is 9.08. The summed E-state index contributed by atoms with van der Waals surface area (Å²) in [5, 5.41) is 10.6. The van der Waals surface area contributed by atoms with Gasteiger partial charge in [0.2, 0.25) is 6.29 Å². The van der Waals surface area contributed by atoms with E-state index in [1.165, 1.54) is 7.11 Å². The lowest BCUT2D eigenvalue weighted by molar-refractivity contribution is -0.0338. The SMILES string of the molecule is COc1cc2c(c(S(=O)c3ccc(C)cc3)c1O)[C@@H]1CCO[C@@H]1O2. The highest BCUT2D eigenvalue weighted by Crippen LogP contribution is 2.52. The van der Waals surface area contributed by atoms with Crippen molar-refractivity contribution in [1.29, 1.82) is 0 Å². The number of benzene rings is 2. The van der Waals surface area contributed by atoms with Crippen LogP contribution in [0.15, 0.2) is 40.1 Å². The molecular weight excluding hydrogens is 328 g/mol. The van der Waals surface area contributed by atoms with Gasteiger partial charge in [0.15, 0.2) is 11.5 Å². The number of aryl methyl sites for hydroxylation is 1. The first-order chi connectivity index (χ1) is 11.6. The minimum atomic E-state index is -1.54. The third-order valence-corrected chi connectivity index (χ3v) is 6.00. The maximum Gasteiger partial charge on any atom is 0.207 e. The normalized spacial score (nSPS) is 22.6. The molecule has 0 bridgehead atoms. The lowest BCUT2D eigenvalue weighted by Crippen LogP contribution is -2.14. The van der Waals surface area contributed by atoms with Crippen molar-refractivity contribution in [3.05, 3.63) is 41.5 Å². The van der Waals surface area contributed by atoms with Gasteiger partial charge < -0.3 is 19.3 Å². The van der Waals surface area contributed by atoms with Crippen LogP contribution < -0.4 is 9.47 Å². The van der Waals surface area contributed by atoms with Crippen LogP contribution in [0.2, 0.25) is 0 Å². The van der Waals surface area contributed by atoms with Gasteiger partial charge in [0.1, 0.15) is 5.75 Å². The lowest BCUT2D eigenvalue weighted by atomic mass is 9.98. The fourth-order valence-electron chi connectivity index (χ4n) is 3.27. The Bertz CT molecular complexity index is 815. The summed E-state index contributed by atoms with van der Waals surface area (Å²) in [6.07, 6.45) is 0.405. The minimum Gasteiger partial charge on any atom is -0.503 e. The zero-order valence-electron chi connectivity index (χ0n) is 13.4. The molecule has 1 unspecified atom stereocenters. The molecule has 2 heterocycles. The Balaban J connectivity index is 1.89. The molecule has 0 spiro atoms. The number of hydrogen-bond acceptors (Lipinski definition) is 5. The smallest absolute Gasteiger partial charge is 0.207 e. The molecule has 5 nitrogen and oxygen atoms in total. The standard InChI is InChI=1S/C18H18O5S/c1-10-3-5-11(6-4-10)24(20)17-15-12-7-8-22-18(12)23-13(15)9-14(21-2)16(17)19/h3-6,9,12,18-19H,7-8H2,1-2H3/t12-,18+,24?/m0/s1. The van der Waals surface area contributed by atoms with E-state index >= 15 is 0 Å². The number of phenols is 1. The lowest BCUT2D eigenvalue weighted by Gasteiger charge is -2.15. The van der Waals surface area contributed by atoms with Gasteiger partial charge in [-0.2, -0.15) is 0 Å². The van der Waals surface area contributed by atoms with E-state index in [2.05, 4.69) is 0 Å². The molecule has 3 atom stereocenters. The van der Waals surface area contributed by atoms with Crippen LogP contribution in [-0.4, -0.2) is 29.3 Å². The number of phenolic OH excluding ortho intramolecular Hbond substituents is 1. The van der Waals surface area contributed by atoms with E-state index in [9.17, 15) is 9.32 Å². The summed E-state index contributed by atoms with van der Waals surface area (Å²) in [4.78, 5) is 1.000. The van der Waals surface area contributed by atoms with E-state index in [0.29, 0.717) is 22.1 Å². The second-order valence-corrected chi connectivity index (χ2v) is 7.42. The number of hydrogen-bond donors (Lipinski definition) is 1. The predicted octanol–water partition coefficient (Wildman–Crippen LogP) is 3.10. The number of methoxy groups -OCH3 is 1. The molecule has 4 rings (SSSR count). The van der Waals surface area contributed by atoms with Gasteiger partial charge in [0, 0.05) is 16.5 Å². The summed E-state index contributed by atoms with van der Waals surface area (Å²) in [6.45, 7) is 2.57. The number of aromatic hydroxyl groups is 1. The van der Waals surface area contributed by atoms with Gasteiger partial charge in [0.25, 0.3) is 0 Å². The molecule has 2 aliphatic rings. The van der Waals surface area contributed by atoms with Crippen LogP contribution in [0.3, 0.4) is 0 Å². The van der Waals surface area contributed by atoms with E-state index in [-0.39, 0.29) is 23.7 Å².